The van der Waals surface area contributed by atoms with Crippen molar-refractivity contribution in [2.45, 2.75) is 6.18 Å². The second-order valence-electron chi connectivity index (χ2n) is 2.58. The molecule has 0 atom stereocenters. The molecule has 15 heavy (non-hydrogen) atoms. The van der Waals surface area contributed by atoms with Crippen LogP contribution in [0.3, 0.4) is 0 Å². The molecule has 0 amide bonds. The molecule has 0 spiro atoms. The fraction of sp³-hybridized carbons (Fsp3) is 0.143. The molecule has 1 rings (SSSR count). The van der Waals surface area contributed by atoms with E-state index in [1.165, 1.54) is 0 Å². The minimum atomic E-state index is -5.07. The van der Waals surface area contributed by atoms with E-state index in [0.29, 0.717) is 0 Å². The lowest BCUT2D eigenvalue weighted by Crippen LogP contribution is -2.06. The van der Waals surface area contributed by atoms with Crippen molar-refractivity contribution in [3.63, 3.8) is 0 Å². The lowest BCUT2D eigenvalue weighted by molar-refractivity contribution is -0.138. The first-order valence-corrected chi connectivity index (χ1v) is 3.78. The fourth-order valence-electron chi connectivity index (χ4n) is 0.928. The summed E-state index contributed by atoms with van der Waals surface area (Å²) < 4.78 is 36.8. The van der Waals surface area contributed by atoms with E-state index < -0.39 is 39.8 Å². The SMILES string of the molecule is Oc1c(O)c(O)c(C(F)(F)F)c(Cl)c1O. The van der Waals surface area contributed by atoms with Gasteiger partial charge in [0.15, 0.2) is 11.5 Å². The van der Waals surface area contributed by atoms with Crippen molar-refractivity contribution in [1.29, 1.82) is 0 Å². The standard InChI is InChI=1S/C7H4ClF3O4/c8-2-1(7(9,10)11)3(12)5(14)6(15)4(2)13/h12-15H. The summed E-state index contributed by atoms with van der Waals surface area (Å²) >= 11 is 5.06. The van der Waals surface area contributed by atoms with Crippen molar-refractivity contribution in [2.75, 3.05) is 0 Å². The van der Waals surface area contributed by atoms with E-state index >= 15 is 0 Å². The van der Waals surface area contributed by atoms with Gasteiger partial charge in [0.05, 0.1) is 0 Å². The third-order valence-electron chi connectivity index (χ3n) is 1.62. The van der Waals surface area contributed by atoms with Crippen molar-refractivity contribution < 1.29 is 33.6 Å². The van der Waals surface area contributed by atoms with E-state index in [1.807, 2.05) is 0 Å². The summed E-state index contributed by atoms with van der Waals surface area (Å²) in [7, 11) is 0. The van der Waals surface area contributed by atoms with Crippen LogP contribution in [0.5, 0.6) is 23.0 Å². The number of halogens is 4. The molecule has 84 valence electrons. The highest BCUT2D eigenvalue weighted by Crippen LogP contribution is 2.54. The Morgan fingerprint density at radius 3 is 1.60 bits per heavy atom. The van der Waals surface area contributed by atoms with Gasteiger partial charge in [-0.1, -0.05) is 11.6 Å². The van der Waals surface area contributed by atoms with Crippen LogP contribution in [0, 0.1) is 0 Å². The van der Waals surface area contributed by atoms with E-state index in [9.17, 15) is 13.2 Å². The minimum absolute atomic E-state index is 1.28. The highest BCUT2D eigenvalue weighted by atomic mass is 35.5. The molecule has 0 aliphatic heterocycles. The maximum Gasteiger partial charge on any atom is 0.421 e. The van der Waals surface area contributed by atoms with Crippen molar-refractivity contribution in [1.82, 2.24) is 0 Å². The Bertz CT molecular complexity index is 387. The van der Waals surface area contributed by atoms with E-state index in [2.05, 4.69) is 0 Å². The zero-order chi connectivity index (χ0) is 12.0. The van der Waals surface area contributed by atoms with Crippen LogP contribution in [0.15, 0.2) is 0 Å². The molecule has 0 saturated heterocycles. The lowest BCUT2D eigenvalue weighted by atomic mass is 10.1. The first-order chi connectivity index (χ1) is 6.68. The highest BCUT2D eigenvalue weighted by molar-refractivity contribution is 6.33. The Balaban J connectivity index is 3.68. The van der Waals surface area contributed by atoms with Gasteiger partial charge in [-0.15, -0.1) is 0 Å². The van der Waals surface area contributed by atoms with Gasteiger partial charge < -0.3 is 20.4 Å². The second kappa shape index (κ2) is 3.27. The van der Waals surface area contributed by atoms with Crippen molar-refractivity contribution in [2.24, 2.45) is 0 Å². The van der Waals surface area contributed by atoms with Crippen LogP contribution in [0.2, 0.25) is 5.02 Å². The number of rotatable bonds is 0. The van der Waals surface area contributed by atoms with E-state index in [1.54, 1.807) is 0 Å². The number of alkyl halides is 3. The molecule has 0 aliphatic carbocycles. The molecule has 0 radical (unpaired) electrons. The van der Waals surface area contributed by atoms with Crippen LogP contribution in [0.4, 0.5) is 13.2 Å². The molecule has 0 saturated carbocycles. The molecule has 1 aromatic carbocycles. The number of benzene rings is 1. The van der Waals surface area contributed by atoms with Gasteiger partial charge in [-0.25, -0.2) is 0 Å². The monoisotopic (exact) mass is 244 g/mol. The van der Waals surface area contributed by atoms with Crippen molar-refractivity contribution >= 4 is 11.6 Å². The van der Waals surface area contributed by atoms with Gasteiger partial charge in [-0.2, -0.15) is 13.2 Å². The van der Waals surface area contributed by atoms with Gasteiger partial charge in [-0.05, 0) is 0 Å². The maximum atomic E-state index is 12.3. The molecule has 4 N–H and O–H groups in total. The number of hydrogen-bond donors (Lipinski definition) is 4. The van der Waals surface area contributed by atoms with Crippen LogP contribution in [0.1, 0.15) is 5.56 Å². The van der Waals surface area contributed by atoms with Gasteiger partial charge in [0.2, 0.25) is 11.5 Å². The maximum absolute atomic E-state index is 12.3. The zero-order valence-corrected chi connectivity index (χ0v) is 7.56. The van der Waals surface area contributed by atoms with E-state index in [4.69, 9.17) is 32.0 Å². The molecule has 0 aromatic heterocycles. The average Bonchev–Trinajstić information content (AvgIpc) is 2.09. The summed E-state index contributed by atoms with van der Waals surface area (Å²) in [5.74, 6) is -5.78. The topological polar surface area (TPSA) is 80.9 Å². The average molecular weight is 245 g/mol. The van der Waals surface area contributed by atoms with Gasteiger partial charge in [0.1, 0.15) is 10.6 Å². The van der Waals surface area contributed by atoms with Crippen molar-refractivity contribution in [3.8, 4) is 23.0 Å². The summed E-state index contributed by atoms with van der Waals surface area (Å²) in [6, 6.07) is 0. The summed E-state index contributed by atoms with van der Waals surface area (Å²) in [5.41, 5.74) is -1.81. The van der Waals surface area contributed by atoms with Gasteiger partial charge in [0.25, 0.3) is 0 Å². The molecular formula is C7H4ClF3O4. The third kappa shape index (κ3) is 1.70. The van der Waals surface area contributed by atoms with Crippen LogP contribution in [0.25, 0.3) is 0 Å². The highest BCUT2D eigenvalue weighted by Gasteiger charge is 2.40. The largest absolute Gasteiger partial charge is 0.504 e. The number of phenolic OH excluding ortho intramolecular Hbond substituents is 4. The predicted molar refractivity (Wildman–Crippen MR) is 43.1 cm³/mol. The second-order valence-corrected chi connectivity index (χ2v) is 2.96. The molecule has 0 fully saturated rings. The summed E-state index contributed by atoms with van der Waals surface area (Å²) in [6.45, 7) is 0. The summed E-state index contributed by atoms with van der Waals surface area (Å²) in [5, 5.41) is 34.2. The minimum Gasteiger partial charge on any atom is -0.504 e. The fourth-order valence-corrected chi connectivity index (χ4v) is 1.21. The summed E-state index contributed by atoms with van der Waals surface area (Å²) in [6.07, 6.45) is -5.07. The Labute approximate surface area is 85.8 Å². The van der Waals surface area contributed by atoms with Crippen LogP contribution in [-0.2, 0) is 6.18 Å². The molecule has 8 heteroatoms. The quantitative estimate of drug-likeness (QED) is 0.416. The van der Waals surface area contributed by atoms with Gasteiger partial charge >= 0.3 is 6.18 Å². The van der Waals surface area contributed by atoms with E-state index in [-0.39, 0.29) is 0 Å². The first-order valence-electron chi connectivity index (χ1n) is 3.40. The molecule has 1 aromatic rings. The third-order valence-corrected chi connectivity index (χ3v) is 1.99. The van der Waals surface area contributed by atoms with Crippen molar-refractivity contribution in [3.05, 3.63) is 10.6 Å². The molecule has 0 heterocycles. The molecule has 0 bridgehead atoms. The van der Waals surface area contributed by atoms with Crippen LogP contribution < -0.4 is 0 Å². The Morgan fingerprint density at radius 2 is 1.20 bits per heavy atom. The molecule has 0 unspecified atom stereocenters. The number of aromatic hydroxyl groups is 4. The van der Waals surface area contributed by atoms with E-state index in [0.717, 1.165) is 0 Å². The Morgan fingerprint density at radius 1 is 0.800 bits per heavy atom. The van der Waals surface area contributed by atoms with Gasteiger partial charge in [0, 0.05) is 0 Å². The number of hydrogen-bond acceptors (Lipinski definition) is 4. The van der Waals surface area contributed by atoms with Crippen LogP contribution >= 0.6 is 11.6 Å². The normalized spacial score (nSPS) is 11.7. The summed E-state index contributed by atoms with van der Waals surface area (Å²) in [4.78, 5) is 0. The Hall–Kier alpha value is -1.50. The lowest BCUT2D eigenvalue weighted by Gasteiger charge is -2.14. The smallest absolute Gasteiger partial charge is 0.421 e. The van der Waals surface area contributed by atoms with Gasteiger partial charge in [-0.3, -0.25) is 0 Å². The number of phenols is 4. The molecule has 4 nitrogen and oxygen atoms in total. The first kappa shape index (κ1) is 11.6. The predicted octanol–water partition coefficient (Wildman–Crippen LogP) is 2.18. The molecule has 0 aliphatic rings. The zero-order valence-electron chi connectivity index (χ0n) is 6.80. The molecular weight excluding hydrogens is 241 g/mol. The Kier molecular flexibility index (Phi) is 2.52. The van der Waals surface area contributed by atoms with Crippen LogP contribution in [-0.4, -0.2) is 20.4 Å².